The molecule has 5 nitrogen and oxygen atoms in total. The van der Waals surface area contributed by atoms with E-state index in [2.05, 4.69) is 25.9 Å². The molecule has 1 aromatic heterocycles. The van der Waals surface area contributed by atoms with Crippen LogP contribution >= 0.6 is 15.9 Å². The maximum atomic E-state index is 13.7. The number of likely N-dealkylation sites (tertiary alicyclic amines) is 1. The van der Waals surface area contributed by atoms with E-state index < -0.39 is 11.6 Å². The van der Waals surface area contributed by atoms with Crippen molar-refractivity contribution in [1.82, 2.24) is 14.9 Å². The monoisotopic (exact) mass is 411 g/mol. The Bertz CT molecular complexity index is 758. The summed E-state index contributed by atoms with van der Waals surface area (Å²) in [6.07, 6.45) is 4.43. The first kappa shape index (κ1) is 17.7. The average Bonchev–Trinajstić information content (AvgIpc) is 2.60. The van der Waals surface area contributed by atoms with Crippen LogP contribution in [0.1, 0.15) is 18.4 Å². The van der Waals surface area contributed by atoms with Gasteiger partial charge in [-0.05, 0) is 40.4 Å². The zero-order valence-electron chi connectivity index (χ0n) is 13.3. The number of hydrogen-bond acceptors (Lipinski definition) is 4. The maximum Gasteiger partial charge on any atom is 0.316 e. The van der Waals surface area contributed by atoms with Gasteiger partial charge in [0.2, 0.25) is 5.91 Å². The molecule has 1 unspecified atom stereocenters. The van der Waals surface area contributed by atoms with Crippen LogP contribution in [-0.4, -0.2) is 40.0 Å². The van der Waals surface area contributed by atoms with E-state index >= 15 is 0 Å². The molecule has 132 valence electrons. The lowest BCUT2D eigenvalue weighted by Crippen LogP contribution is -2.45. The van der Waals surface area contributed by atoms with Crippen molar-refractivity contribution < 1.29 is 18.3 Å². The van der Waals surface area contributed by atoms with Gasteiger partial charge in [0.25, 0.3) is 0 Å². The van der Waals surface area contributed by atoms with Gasteiger partial charge in [-0.3, -0.25) is 4.79 Å². The molecule has 3 rings (SSSR count). The third-order valence-electron chi connectivity index (χ3n) is 3.96. The Balaban J connectivity index is 1.60. The van der Waals surface area contributed by atoms with Crippen LogP contribution < -0.4 is 4.74 Å². The summed E-state index contributed by atoms with van der Waals surface area (Å²) in [5, 5.41) is 0. The van der Waals surface area contributed by atoms with Gasteiger partial charge in [0.05, 0.1) is 17.4 Å². The summed E-state index contributed by atoms with van der Waals surface area (Å²) in [5.74, 6) is -1.58. The highest BCUT2D eigenvalue weighted by Crippen LogP contribution is 2.18. The summed E-state index contributed by atoms with van der Waals surface area (Å²) in [5.41, 5.74) is 0.186. The van der Waals surface area contributed by atoms with Crippen LogP contribution in [0.3, 0.4) is 0 Å². The molecule has 0 N–H and O–H groups in total. The highest BCUT2D eigenvalue weighted by atomic mass is 79.9. The molecule has 1 aromatic carbocycles. The predicted molar refractivity (Wildman–Crippen MR) is 90.0 cm³/mol. The average molecular weight is 412 g/mol. The molecular weight excluding hydrogens is 396 g/mol. The molecule has 0 spiro atoms. The van der Waals surface area contributed by atoms with Gasteiger partial charge in [0.15, 0.2) is 0 Å². The molecule has 1 aliphatic heterocycles. The van der Waals surface area contributed by atoms with Crippen LogP contribution in [0.5, 0.6) is 6.01 Å². The minimum Gasteiger partial charge on any atom is -0.458 e. The van der Waals surface area contributed by atoms with Crippen LogP contribution in [0.15, 0.2) is 35.1 Å². The number of piperidine rings is 1. The number of carbonyl (C=O) groups excluding carboxylic acids is 1. The minimum absolute atomic E-state index is 0.104. The van der Waals surface area contributed by atoms with Crippen molar-refractivity contribution in [2.24, 2.45) is 0 Å². The fraction of sp³-hybridized carbons (Fsp3) is 0.353. The molecule has 2 heterocycles. The molecule has 8 heteroatoms. The number of halogens is 3. The van der Waals surface area contributed by atoms with E-state index in [-0.39, 0.29) is 30.0 Å². The molecule has 0 bridgehead atoms. The normalized spacial score (nSPS) is 17.4. The molecule has 1 amide bonds. The van der Waals surface area contributed by atoms with Crippen LogP contribution in [-0.2, 0) is 11.2 Å². The maximum absolute atomic E-state index is 13.7. The standard InChI is InChI=1S/C17H16BrF2N3O2/c18-12-8-21-17(22-9-12)25-14-2-1-5-23(10-14)16(24)6-11-3-4-13(19)7-15(11)20/h3-4,7-9,14H,1-2,5-6,10H2. The minimum atomic E-state index is -0.707. The summed E-state index contributed by atoms with van der Waals surface area (Å²) in [6, 6.07) is 3.50. The van der Waals surface area contributed by atoms with E-state index in [1.54, 1.807) is 17.3 Å². The van der Waals surface area contributed by atoms with Crippen molar-refractivity contribution in [3.63, 3.8) is 0 Å². The number of rotatable bonds is 4. The zero-order chi connectivity index (χ0) is 17.8. The van der Waals surface area contributed by atoms with Crippen LogP contribution in [0.2, 0.25) is 0 Å². The van der Waals surface area contributed by atoms with Crippen LogP contribution in [0.4, 0.5) is 8.78 Å². The van der Waals surface area contributed by atoms with E-state index in [9.17, 15) is 13.6 Å². The number of nitrogens with zero attached hydrogens (tertiary/aromatic N) is 3. The number of carbonyl (C=O) groups is 1. The number of aromatic nitrogens is 2. The lowest BCUT2D eigenvalue weighted by Gasteiger charge is -2.32. The molecule has 1 fully saturated rings. The Morgan fingerprint density at radius 1 is 1.32 bits per heavy atom. The lowest BCUT2D eigenvalue weighted by atomic mass is 10.1. The van der Waals surface area contributed by atoms with E-state index in [1.165, 1.54) is 6.07 Å². The molecule has 2 aromatic rings. The zero-order valence-corrected chi connectivity index (χ0v) is 14.9. The van der Waals surface area contributed by atoms with Crippen molar-refractivity contribution in [3.8, 4) is 6.01 Å². The third kappa shape index (κ3) is 4.72. The predicted octanol–water partition coefficient (Wildman–Crippen LogP) is 3.13. The Morgan fingerprint density at radius 3 is 2.80 bits per heavy atom. The summed E-state index contributed by atoms with van der Waals surface area (Å²) in [4.78, 5) is 22.2. The van der Waals surface area contributed by atoms with Crippen molar-refractivity contribution in [2.75, 3.05) is 13.1 Å². The van der Waals surface area contributed by atoms with Crippen molar-refractivity contribution in [1.29, 1.82) is 0 Å². The Kier molecular flexibility index (Phi) is 5.57. The number of ether oxygens (including phenoxy) is 1. The quantitative estimate of drug-likeness (QED) is 0.775. The third-order valence-corrected chi connectivity index (χ3v) is 4.37. The summed E-state index contributed by atoms with van der Waals surface area (Å²) in [7, 11) is 0. The topological polar surface area (TPSA) is 55.3 Å². The SMILES string of the molecule is O=C(Cc1ccc(F)cc1F)N1CCCC(Oc2ncc(Br)cn2)C1. The van der Waals surface area contributed by atoms with Crippen molar-refractivity contribution >= 4 is 21.8 Å². The van der Waals surface area contributed by atoms with Gasteiger partial charge in [-0.15, -0.1) is 0 Å². The Morgan fingerprint density at radius 2 is 2.08 bits per heavy atom. The second kappa shape index (κ2) is 7.86. The first-order valence-corrected chi connectivity index (χ1v) is 8.66. The smallest absolute Gasteiger partial charge is 0.316 e. The van der Waals surface area contributed by atoms with Crippen LogP contribution in [0.25, 0.3) is 0 Å². The van der Waals surface area contributed by atoms with Crippen molar-refractivity contribution in [3.05, 3.63) is 52.3 Å². The summed E-state index contributed by atoms with van der Waals surface area (Å²) in [6.45, 7) is 0.976. The highest BCUT2D eigenvalue weighted by molar-refractivity contribution is 9.10. The molecule has 25 heavy (non-hydrogen) atoms. The van der Waals surface area contributed by atoms with Gasteiger partial charge in [0, 0.05) is 25.0 Å². The molecule has 0 radical (unpaired) electrons. The van der Waals surface area contributed by atoms with E-state index in [0.717, 1.165) is 29.4 Å². The summed E-state index contributed by atoms with van der Waals surface area (Å²) >= 11 is 3.25. The van der Waals surface area contributed by atoms with Gasteiger partial charge in [-0.2, -0.15) is 0 Å². The number of hydrogen-bond donors (Lipinski definition) is 0. The largest absolute Gasteiger partial charge is 0.458 e. The molecule has 0 saturated carbocycles. The van der Waals surface area contributed by atoms with E-state index in [0.29, 0.717) is 13.1 Å². The second-order valence-corrected chi connectivity index (χ2v) is 6.73. The fourth-order valence-corrected chi connectivity index (χ4v) is 2.92. The first-order chi connectivity index (χ1) is 12.0. The van der Waals surface area contributed by atoms with Gasteiger partial charge in [-0.1, -0.05) is 6.07 Å². The van der Waals surface area contributed by atoms with E-state index in [1.807, 2.05) is 0 Å². The van der Waals surface area contributed by atoms with Gasteiger partial charge < -0.3 is 9.64 Å². The molecular formula is C17H16BrF2N3O2. The molecule has 1 saturated heterocycles. The number of benzene rings is 1. The highest BCUT2D eigenvalue weighted by Gasteiger charge is 2.26. The Labute approximate surface area is 152 Å². The first-order valence-electron chi connectivity index (χ1n) is 7.87. The molecule has 0 aliphatic carbocycles. The lowest BCUT2D eigenvalue weighted by molar-refractivity contribution is -0.133. The van der Waals surface area contributed by atoms with Gasteiger partial charge in [0.1, 0.15) is 17.7 Å². The molecule has 1 aliphatic rings. The Hall–Kier alpha value is -2.09. The van der Waals surface area contributed by atoms with Crippen LogP contribution in [0, 0.1) is 11.6 Å². The van der Waals surface area contributed by atoms with Gasteiger partial charge in [-0.25, -0.2) is 18.7 Å². The second-order valence-electron chi connectivity index (χ2n) is 5.82. The molecule has 1 atom stereocenters. The fourth-order valence-electron chi connectivity index (χ4n) is 2.71. The van der Waals surface area contributed by atoms with Crippen molar-refractivity contribution in [2.45, 2.75) is 25.4 Å². The van der Waals surface area contributed by atoms with E-state index in [4.69, 9.17) is 4.74 Å². The number of amides is 1. The van der Waals surface area contributed by atoms with Gasteiger partial charge >= 0.3 is 6.01 Å². The summed E-state index contributed by atoms with van der Waals surface area (Å²) < 4.78 is 33.1.